The van der Waals surface area contributed by atoms with Crippen molar-refractivity contribution in [2.24, 2.45) is 24.8 Å². The molecule has 0 bridgehead atoms. The van der Waals surface area contributed by atoms with E-state index in [2.05, 4.69) is 20.9 Å². The number of amides is 4. The average molecular weight is 709 g/mol. The van der Waals surface area contributed by atoms with Crippen molar-refractivity contribution >= 4 is 46.9 Å². The Bertz CT molecular complexity index is 2000. The molecule has 6 rings (SSSR count). The van der Waals surface area contributed by atoms with E-state index in [-0.39, 0.29) is 42.7 Å². The van der Waals surface area contributed by atoms with Crippen LogP contribution in [0.1, 0.15) is 63.4 Å². The monoisotopic (exact) mass is 708 g/mol. The maximum absolute atomic E-state index is 13.2. The molecule has 0 unspecified atom stereocenters. The summed E-state index contributed by atoms with van der Waals surface area (Å²) in [7, 11) is 5.06. The van der Waals surface area contributed by atoms with Crippen LogP contribution in [0.15, 0.2) is 65.9 Å². The molecule has 2 aromatic heterocycles. The molecule has 52 heavy (non-hydrogen) atoms. The predicted octanol–water partition coefficient (Wildman–Crippen LogP) is 4.49. The molecular formula is C38H44N8O6. The molecule has 1 atom stereocenters. The number of ether oxygens (including phenoxy) is 2. The third-order valence-electron chi connectivity index (χ3n) is 9.18. The summed E-state index contributed by atoms with van der Waals surface area (Å²) in [5.74, 6) is 0.0810. The molecule has 14 nitrogen and oxygen atoms in total. The maximum Gasteiger partial charge on any atom is 0.272 e. The molecule has 4 aromatic rings. The zero-order valence-corrected chi connectivity index (χ0v) is 29.6. The summed E-state index contributed by atoms with van der Waals surface area (Å²) in [5.41, 5.74) is 10.3. The minimum absolute atomic E-state index is 0.00426. The lowest BCUT2D eigenvalue weighted by atomic mass is 10.0. The van der Waals surface area contributed by atoms with Gasteiger partial charge in [-0.05, 0) is 61.6 Å². The first-order valence-corrected chi connectivity index (χ1v) is 17.4. The van der Waals surface area contributed by atoms with E-state index in [1.807, 2.05) is 35.5 Å². The van der Waals surface area contributed by atoms with Gasteiger partial charge in [-0.15, -0.1) is 0 Å². The molecule has 0 radical (unpaired) electrons. The first-order valence-electron chi connectivity index (χ1n) is 17.4. The second kappa shape index (κ2) is 16.0. The number of nitrogens with two attached hydrogens (primary N) is 1. The largest absolute Gasteiger partial charge is 0.493 e. The summed E-state index contributed by atoms with van der Waals surface area (Å²) < 4.78 is 14.9. The number of rotatable bonds is 13. The maximum atomic E-state index is 13.2. The summed E-state index contributed by atoms with van der Waals surface area (Å²) >= 11 is 0. The smallest absolute Gasteiger partial charge is 0.272 e. The Morgan fingerprint density at radius 3 is 2.44 bits per heavy atom. The van der Waals surface area contributed by atoms with Gasteiger partial charge in [-0.3, -0.25) is 24.2 Å². The first-order chi connectivity index (χ1) is 25.1. The zero-order valence-electron chi connectivity index (χ0n) is 29.6. The number of hydrogen-bond donors (Lipinski definition) is 4. The van der Waals surface area contributed by atoms with Crippen LogP contribution in [0.3, 0.4) is 0 Å². The summed E-state index contributed by atoms with van der Waals surface area (Å²) in [4.78, 5) is 58.0. The molecule has 4 amide bonds. The van der Waals surface area contributed by atoms with E-state index in [0.717, 1.165) is 30.4 Å². The van der Waals surface area contributed by atoms with E-state index in [9.17, 15) is 19.2 Å². The normalized spacial score (nSPS) is 15.0. The van der Waals surface area contributed by atoms with E-state index in [0.29, 0.717) is 71.6 Å². The number of methoxy groups -OCH3 is 1. The Morgan fingerprint density at radius 1 is 0.904 bits per heavy atom. The van der Waals surface area contributed by atoms with Gasteiger partial charge >= 0.3 is 0 Å². The van der Waals surface area contributed by atoms with Gasteiger partial charge in [-0.1, -0.05) is 12.1 Å². The highest BCUT2D eigenvalue weighted by Gasteiger charge is 2.31. The fourth-order valence-electron chi connectivity index (χ4n) is 6.45. The topological polar surface area (TPSA) is 174 Å². The number of carbonyl (C=O) groups excluding carboxylic acids is 4. The van der Waals surface area contributed by atoms with Crippen molar-refractivity contribution in [3.63, 3.8) is 0 Å². The van der Waals surface area contributed by atoms with Gasteiger partial charge < -0.3 is 45.2 Å². The minimum atomic E-state index is -0.334. The van der Waals surface area contributed by atoms with Gasteiger partial charge in [0.2, 0.25) is 5.91 Å². The van der Waals surface area contributed by atoms with Crippen molar-refractivity contribution in [1.82, 2.24) is 19.4 Å². The number of aliphatic imine (C=N–C) groups is 1. The van der Waals surface area contributed by atoms with Crippen LogP contribution < -0.4 is 31.2 Å². The number of piperidine rings is 1. The molecular weight excluding hydrogens is 664 g/mol. The number of nitrogens with one attached hydrogen (secondary N) is 3. The molecule has 0 spiro atoms. The quantitative estimate of drug-likeness (QED) is 0.148. The van der Waals surface area contributed by atoms with Crippen LogP contribution in [-0.2, 0) is 18.9 Å². The SMILES string of the molecule is COc1cc2c(cc1OCCCC(=O)Nc1cc(C(=O)Nc3ccc(-c4cc(C(=O)NCCN)n(C)c4)cc3)n(C)c1)N=C[C@H]1CCCCN1C2=O. The molecule has 1 saturated heterocycles. The first kappa shape index (κ1) is 35.9. The van der Waals surface area contributed by atoms with Crippen molar-refractivity contribution in [3.8, 4) is 22.6 Å². The molecule has 2 aromatic carbocycles. The lowest BCUT2D eigenvalue weighted by Gasteiger charge is -2.32. The van der Waals surface area contributed by atoms with Crippen molar-refractivity contribution in [2.75, 3.05) is 44.0 Å². The molecule has 0 aliphatic carbocycles. The summed E-state index contributed by atoms with van der Waals surface area (Å²) in [6, 6.07) is 14.1. The van der Waals surface area contributed by atoms with Crippen LogP contribution in [0, 0.1) is 0 Å². The van der Waals surface area contributed by atoms with Crippen molar-refractivity contribution in [1.29, 1.82) is 0 Å². The van der Waals surface area contributed by atoms with Gasteiger partial charge in [0.15, 0.2) is 11.5 Å². The number of anilines is 2. The van der Waals surface area contributed by atoms with E-state index in [1.165, 1.54) is 7.11 Å². The van der Waals surface area contributed by atoms with Crippen LogP contribution in [0.2, 0.25) is 0 Å². The number of benzene rings is 2. The van der Waals surface area contributed by atoms with Gasteiger partial charge in [0.1, 0.15) is 11.4 Å². The van der Waals surface area contributed by atoms with Gasteiger partial charge in [0.25, 0.3) is 17.7 Å². The predicted molar refractivity (Wildman–Crippen MR) is 199 cm³/mol. The molecule has 272 valence electrons. The third kappa shape index (κ3) is 8.02. The highest BCUT2D eigenvalue weighted by molar-refractivity contribution is 6.05. The van der Waals surface area contributed by atoms with Gasteiger partial charge in [-0.25, -0.2) is 0 Å². The van der Waals surface area contributed by atoms with Crippen LogP contribution in [0.25, 0.3) is 11.1 Å². The van der Waals surface area contributed by atoms with E-state index in [1.54, 1.807) is 59.8 Å². The molecule has 4 heterocycles. The number of nitrogens with zero attached hydrogens (tertiary/aromatic N) is 4. The number of fused-ring (bicyclic) bond motifs is 2. The fraction of sp³-hybridized carbons (Fsp3) is 0.342. The van der Waals surface area contributed by atoms with Gasteiger partial charge in [0, 0.05) is 76.1 Å². The molecule has 1 fully saturated rings. The van der Waals surface area contributed by atoms with Crippen LogP contribution in [0.4, 0.5) is 17.1 Å². The van der Waals surface area contributed by atoms with Crippen molar-refractivity contribution < 1.29 is 28.7 Å². The fourth-order valence-corrected chi connectivity index (χ4v) is 6.45. The number of aromatic nitrogens is 2. The van der Waals surface area contributed by atoms with Crippen LogP contribution >= 0.6 is 0 Å². The van der Waals surface area contributed by atoms with Gasteiger partial charge in [-0.2, -0.15) is 0 Å². The Labute approximate surface area is 302 Å². The Balaban J connectivity index is 0.996. The Morgan fingerprint density at radius 2 is 1.67 bits per heavy atom. The summed E-state index contributed by atoms with van der Waals surface area (Å²) in [6.07, 6.45) is 8.94. The number of carbonyl (C=O) groups is 4. The lowest BCUT2D eigenvalue weighted by molar-refractivity contribution is -0.116. The Hall–Kier alpha value is -5.89. The molecule has 2 aliphatic rings. The summed E-state index contributed by atoms with van der Waals surface area (Å²) in [6.45, 7) is 1.71. The van der Waals surface area contributed by atoms with Crippen molar-refractivity contribution in [3.05, 3.63) is 77.9 Å². The van der Waals surface area contributed by atoms with E-state index < -0.39 is 0 Å². The number of aryl methyl sites for hydroxylation is 2. The summed E-state index contributed by atoms with van der Waals surface area (Å²) in [5, 5.41) is 8.53. The molecule has 14 heteroatoms. The van der Waals surface area contributed by atoms with E-state index in [4.69, 9.17) is 15.2 Å². The standard InChI is InChI=1S/C38H44N8O6/c1-44-22-25(17-31(44)36(48)40-14-13-39)24-9-11-26(12-10-24)43-37(49)32-18-27(23-45(32)2)42-35(47)8-6-16-52-34-20-30-29(19-33(34)51-3)38(50)46-15-5-4-7-28(46)21-41-30/h9-12,17-23,28H,4-8,13-16,39H2,1-3H3,(H,40,48)(H,42,47)(H,43,49)/t28-/m1/s1. The van der Waals surface area contributed by atoms with E-state index >= 15 is 0 Å². The van der Waals surface area contributed by atoms with Crippen LogP contribution in [-0.4, -0.2) is 83.3 Å². The van der Waals surface area contributed by atoms with Crippen molar-refractivity contribution in [2.45, 2.75) is 38.1 Å². The number of hydrogen-bond acceptors (Lipinski definition) is 8. The Kier molecular flexibility index (Phi) is 11.0. The lowest BCUT2D eigenvalue weighted by Crippen LogP contribution is -2.43. The average Bonchev–Trinajstić information content (AvgIpc) is 3.68. The second-order valence-corrected chi connectivity index (χ2v) is 12.9. The zero-order chi connectivity index (χ0) is 36.8. The van der Waals surface area contributed by atoms with Gasteiger partial charge in [0.05, 0.1) is 36.7 Å². The van der Waals surface area contributed by atoms with Crippen LogP contribution in [0.5, 0.6) is 11.5 Å². The minimum Gasteiger partial charge on any atom is -0.493 e. The highest BCUT2D eigenvalue weighted by Crippen LogP contribution is 2.38. The third-order valence-corrected chi connectivity index (χ3v) is 9.18. The molecule has 5 N–H and O–H groups in total. The highest BCUT2D eigenvalue weighted by atomic mass is 16.5. The second-order valence-electron chi connectivity index (χ2n) is 12.9. The molecule has 0 saturated carbocycles. The molecule has 2 aliphatic heterocycles.